The molecule has 2 aromatic heterocycles. The summed E-state index contributed by atoms with van der Waals surface area (Å²) < 4.78 is 16.9. The number of hydrogen-bond donors (Lipinski definition) is 0. The first-order valence-electron chi connectivity index (χ1n) is 6.17. The first-order chi connectivity index (χ1) is 9.22. The minimum absolute atomic E-state index is 0.231. The summed E-state index contributed by atoms with van der Waals surface area (Å²) in [4.78, 5) is 6.97. The average molecular weight is 337 g/mol. The Morgan fingerprint density at radius 1 is 1.32 bits per heavy atom. The van der Waals surface area contributed by atoms with Crippen LogP contribution in [0.3, 0.4) is 0 Å². The number of fused-ring (bicyclic) bond motifs is 3. The van der Waals surface area contributed by atoms with Crippen LogP contribution in [0.2, 0.25) is 0 Å². The topological polar surface area (TPSA) is 17.3 Å². The summed E-state index contributed by atoms with van der Waals surface area (Å²) in [5.41, 5.74) is 2.62. The molecule has 0 unspecified atom stereocenters. The van der Waals surface area contributed by atoms with Crippen LogP contribution in [-0.2, 0) is 12.8 Å². The molecule has 0 fully saturated rings. The largest absolute Gasteiger partial charge is 0.294 e. The van der Waals surface area contributed by atoms with Gasteiger partial charge in [0.05, 0.1) is 5.69 Å². The van der Waals surface area contributed by atoms with Gasteiger partial charge in [-0.25, -0.2) is 9.37 Å². The smallest absolute Gasteiger partial charge is 0.194 e. The predicted molar refractivity (Wildman–Crippen MR) is 78.2 cm³/mol. The molecule has 5 heteroatoms. The minimum atomic E-state index is -0.231. The number of thiazole rings is 1. The summed E-state index contributed by atoms with van der Waals surface area (Å²) in [6.07, 6.45) is 5.44. The Kier molecular flexibility index (Phi) is 2.53. The van der Waals surface area contributed by atoms with Crippen LogP contribution < -0.4 is 0 Å². The molecule has 2 heterocycles. The van der Waals surface area contributed by atoms with E-state index in [9.17, 15) is 4.39 Å². The first kappa shape index (κ1) is 11.6. The summed E-state index contributed by atoms with van der Waals surface area (Å²) in [5, 5.41) is 0. The van der Waals surface area contributed by atoms with E-state index in [1.54, 1.807) is 23.5 Å². The summed E-state index contributed by atoms with van der Waals surface area (Å²) in [6, 6.07) is 4.95. The Morgan fingerprint density at radius 3 is 3.11 bits per heavy atom. The molecule has 2 nitrogen and oxygen atoms in total. The van der Waals surface area contributed by atoms with Crippen LogP contribution in [0.15, 0.2) is 28.9 Å². The van der Waals surface area contributed by atoms with Crippen LogP contribution in [0.5, 0.6) is 0 Å². The van der Waals surface area contributed by atoms with Crippen molar-refractivity contribution in [2.75, 3.05) is 0 Å². The summed E-state index contributed by atoms with van der Waals surface area (Å²) in [7, 11) is 0. The number of aromatic nitrogens is 2. The maximum absolute atomic E-state index is 13.9. The molecule has 1 aliphatic rings. The molecule has 96 valence electrons. The van der Waals surface area contributed by atoms with Crippen molar-refractivity contribution in [3.63, 3.8) is 0 Å². The quantitative estimate of drug-likeness (QED) is 0.641. The van der Waals surface area contributed by atoms with Gasteiger partial charge in [-0.3, -0.25) is 4.40 Å². The molecule has 0 saturated carbocycles. The fourth-order valence-corrected chi connectivity index (χ4v) is 4.18. The second-order valence-electron chi connectivity index (χ2n) is 4.73. The van der Waals surface area contributed by atoms with Crippen molar-refractivity contribution in [2.45, 2.75) is 19.3 Å². The van der Waals surface area contributed by atoms with Crippen molar-refractivity contribution in [3.05, 3.63) is 45.3 Å². The van der Waals surface area contributed by atoms with Gasteiger partial charge in [-0.2, -0.15) is 0 Å². The van der Waals surface area contributed by atoms with Gasteiger partial charge in [0, 0.05) is 26.8 Å². The van der Waals surface area contributed by atoms with Crippen molar-refractivity contribution in [3.8, 4) is 11.3 Å². The van der Waals surface area contributed by atoms with E-state index in [0.29, 0.717) is 11.3 Å². The second kappa shape index (κ2) is 4.15. The van der Waals surface area contributed by atoms with E-state index in [0.717, 1.165) is 22.3 Å². The number of nitrogens with zero attached hydrogens (tertiary/aromatic N) is 2. The molecule has 0 bridgehead atoms. The van der Waals surface area contributed by atoms with Crippen molar-refractivity contribution in [1.82, 2.24) is 9.38 Å². The molecule has 0 atom stereocenters. The van der Waals surface area contributed by atoms with E-state index in [1.165, 1.54) is 23.1 Å². The molecule has 0 radical (unpaired) electrons. The van der Waals surface area contributed by atoms with Crippen LogP contribution >= 0.6 is 27.3 Å². The summed E-state index contributed by atoms with van der Waals surface area (Å²) in [6.45, 7) is 0. The fraction of sp³-hybridized carbons (Fsp3) is 0.214. The molecular weight excluding hydrogens is 327 g/mol. The Balaban J connectivity index is 1.92. The maximum Gasteiger partial charge on any atom is 0.194 e. The highest BCUT2D eigenvalue weighted by Crippen LogP contribution is 2.33. The van der Waals surface area contributed by atoms with Crippen LogP contribution in [0.4, 0.5) is 4.39 Å². The van der Waals surface area contributed by atoms with Crippen molar-refractivity contribution in [1.29, 1.82) is 0 Å². The van der Waals surface area contributed by atoms with Gasteiger partial charge in [0.2, 0.25) is 0 Å². The van der Waals surface area contributed by atoms with Gasteiger partial charge in [0.25, 0.3) is 0 Å². The van der Waals surface area contributed by atoms with E-state index < -0.39 is 0 Å². The summed E-state index contributed by atoms with van der Waals surface area (Å²) in [5.74, 6) is -0.231. The monoisotopic (exact) mass is 336 g/mol. The lowest BCUT2D eigenvalue weighted by Gasteiger charge is -1.99. The number of hydrogen-bond acceptors (Lipinski definition) is 2. The maximum atomic E-state index is 13.9. The average Bonchev–Trinajstić information content (AvgIpc) is 3.03. The van der Waals surface area contributed by atoms with Crippen LogP contribution in [0.25, 0.3) is 16.2 Å². The molecule has 0 saturated heterocycles. The van der Waals surface area contributed by atoms with Crippen molar-refractivity contribution < 1.29 is 4.39 Å². The third-order valence-corrected chi connectivity index (χ3v) is 5.17. The molecular formula is C14H10BrFN2S. The van der Waals surface area contributed by atoms with E-state index in [4.69, 9.17) is 0 Å². The molecule has 0 aliphatic heterocycles. The number of aryl methyl sites for hydroxylation is 2. The van der Waals surface area contributed by atoms with Crippen LogP contribution in [-0.4, -0.2) is 9.38 Å². The normalized spacial score (nSPS) is 14.2. The zero-order valence-electron chi connectivity index (χ0n) is 9.99. The predicted octanol–water partition coefficient (Wildman–Crippen LogP) is 4.45. The fourth-order valence-electron chi connectivity index (χ4n) is 2.63. The first-order valence-corrected chi connectivity index (χ1v) is 7.78. The van der Waals surface area contributed by atoms with Gasteiger partial charge < -0.3 is 0 Å². The van der Waals surface area contributed by atoms with Gasteiger partial charge in [0.1, 0.15) is 5.82 Å². The lowest BCUT2D eigenvalue weighted by Crippen LogP contribution is -1.86. The van der Waals surface area contributed by atoms with Crippen LogP contribution in [0, 0.1) is 5.82 Å². The SMILES string of the molecule is Fc1ccc(Br)cc1-c1cn2c3c(sc2n1)CCC3. The van der Waals surface area contributed by atoms with E-state index in [-0.39, 0.29) is 5.82 Å². The molecule has 4 rings (SSSR count). The molecule has 1 aliphatic carbocycles. The number of imidazole rings is 1. The Hall–Kier alpha value is -1.20. The second-order valence-corrected chi connectivity index (χ2v) is 6.71. The summed E-state index contributed by atoms with van der Waals surface area (Å²) >= 11 is 5.11. The Labute approximate surface area is 122 Å². The lowest BCUT2D eigenvalue weighted by molar-refractivity contribution is 0.630. The number of benzene rings is 1. The highest BCUT2D eigenvalue weighted by molar-refractivity contribution is 9.10. The number of halogens is 2. The zero-order valence-corrected chi connectivity index (χ0v) is 12.4. The molecule has 19 heavy (non-hydrogen) atoms. The molecule has 0 N–H and O–H groups in total. The van der Waals surface area contributed by atoms with Crippen LogP contribution in [0.1, 0.15) is 17.0 Å². The molecule has 0 spiro atoms. The van der Waals surface area contributed by atoms with Gasteiger partial charge in [-0.1, -0.05) is 15.9 Å². The van der Waals surface area contributed by atoms with E-state index >= 15 is 0 Å². The molecule has 0 amide bonds. The van der Waals surface area contributed by atoms with Gasteiger partial charge >= 0.3 is 0 Å². The van der Waals surface area contributed by atoms with Gasteiger partial charge in [-0.05, 0) is 37.5 Å². The molecule has 1 aromatic carbocycles. The van der Waals surface area contributed by atoms with Crippen molar-refractivity contribution in [2.24, 2.45) is 0 Å². The molecule has 3 aromatic rings. The Bertz CT molecular complexity index is 790. The minimum Gasteiger partial charge on any atom is -0.294 e. The Morgan fingerprint density at radius 2 is 2.21 bits per heavy atom. The van der Waals surface area contributed by atoms with Crippen molar-refractivity contribution >= 4 is 32.2 Å². The van der Waals surface area contributed by atoms with Gasteiger partial charge in [-0.15, -0.1) is 11.3 Å². The van der Waals surface area contributed by atoms with Gasteiger partial charge in [0.15, 0.2) is 4.96 Å². The van der Waals surface area contributed by atoms with E-state index in [1.807, 2.05) is 6.20 Å². The lowest BCUT2D eigenvalue weighted by atomic mass is 10.1. The zero-order chi connectivity index (χ0) is 13.0. The third kappa shape index (κ3) is 1.75. The standard InChI is InChI=1S/C14H10BrFN2S/c15-8-4-5-10(16)9(6-8)11-7-18-12-2-1-3-13(12)19-14(18)17-11/h4-7H,1-3H2. The van der Waals surface area contributed by atoms with E-state index in [2.05, 4.69) is 25.3 Å². The third-order valence-electron chi connectivity index (χ3n) is 3.52. The highest BCUT2D eigenvalue weighted by Gasteiger charge is 2.20. The highest BCUT2D eigenvalue weighted by atomic mass is 79.9. The number of rotatable bonds is 1.